The fourth-order valence-corrected chi connectivity index (χ4v) is 3.87. The first kappa shape index (κ1) is 20.0. The second-order valence-corrected chi connectivity index (χ2v) is 7.50. The number of piperidine rings is 1. The Labute approximate surface area is 170 Å². The third-order valence-electron chi connectivity index (χ3n) is 5.20. The van der Waals surface area contributed by atoms with Gasteiger partial charge in [-0.15, -0.1) is 12.4 Å². The highest BCUT2D eigenvalue weighted by Gasteiger charge is 2.25. The topological polar surface area (TPSA) is 62.2 Å². The van der Waals surface area contributed by atoms with Crippen molar-refractivity contribution in [3.8, 4) is 0 Å². The molecular formula is C19H25Cl2N5O. The van der Waals surface area contributed by atoms with Crippen molar-refractivity contribution in [1.29, 1.82) is 0 Å². The van der Waals surface area contributed by atoms with Crippen molar-refractivity contribution in [3.63, 3.8) is 0 Å². The van der Waals surface area contributed by atoms with Crippen LogP contribution in [0.2, 0.25) is 5.02 Å². The number of nitrogens with zero attached hydrogens (tertiary/aromatic N) is 3. The molecule has 146 valence electrons. The average molecular weight is 410 g/mol. The van der Waals surface area contributed by atoms with E-state index < -0.39 is 0 Å². The standard InChI is InChI=1S/C19H24ClN5O.ClH/c20-14-3-5-16(6-4-14)24-10-7-15(13-24)22-19(26)18-8-11-25(23-18)17-2-1-9-21-12-17;/h3-6,8,11,15,17,21H,1-2,7,9-10,12-13H2,(H,22,26);1H. The van der Waals surface area contributed by atoms with Crippen molar-refractivity contribution in [2.45, 2.75) is 31.3 Å². The van der Waals surface area contributed by atoms with Gasteiger partial charge in [-0.2, -0.15) is 5.10 Å². The minimum atomic E-state index is -0.0875. The molecule has 2 unspecified atom stereocenters. The van der Waals surface area contributed by atoms with Crippen LogP contribution in [0.15, 0.2) is 36.5 Å². The van der Waals surface area contributed by atoms with Crippen LogP contribution in [0, 0.1) is 0 Å². The molecule has 2 fully saturated rings. The highest BCUT2D eigenvalue weighted by atomic mass is 35.5. The Hall–Kier alpha value is -1.76. The van der Waals surface area contributed by atoms with Gasteiger partial charge < -0.3 is 15.5 Å². The van der Waals surface area contributed by atoms with Crippen LogP contribution in [0.5, 0.6) is 0 Å². The largest absolute Gasteiger partial charge is 0.369 e. The maximum absolute atomic E-state index is 12.5. The number of rotatable bonds is 4. The zero-order valence-electron chi connectivity index (χ0n) is 15.1. The average Bonchev–Trinajstić information content (AvgIpc) is 3.33. The summed E-state index contributed by atoms with van der Waals surface area (Å²) in [5, 5.41) is 11.7. The molecule has 4 rings (SSSR count). The Morgan fingerprint density at radius 1 is 1.22 bits per heavy atom. The van der Waals surface area contributed by atoms with E-state index in [1.54, 1.807) is 0 Å². The fraction of sp³-hybridized carbons (Fsp3) is 0.474. The molecular weight excluding hydrogens is 385 g/mol. The predicted molar refractivity (Wildman–Crippen MR) is 110 cm³/mol. The Balaban J connectivity index is 0.00000210. The van der Waals surface area contributed by atoms with E-state index in [2.05, 4.69) is 20.6 Å². The maximum Gasteiger partial charge on any atom is 0.272 e. The molecule has 0 saturated carbocycles. The zero-order chi connectivity index (χ0) is 17.9. The monoisotopic (exact) mass is 409 g/mol. The van der Waals surface area contributed by atoms with Crippen molar-refractivity contribution < 1.29 is 4.79 Å². The number of carbonyl (C=O) groups excluding carboxylic acids is 1. The first-order valence-corrected chi connectivity index (χ1v) is 9.64. The molecule has 1 aromatic carbocycles. The van der Waals surface area contributed by atoms with Gasteiger partial charge in [-0.25, -0.2) is 0 Å². The molecule has 2 saturated heterocycles. The van der Waals surface area contributed by atoms with E-state index in [-0.39, 0.29) is 24.4 Å². The molecule has 1 amide bonds. The molecule has 27 heavy (non-hydrogen) atoms. The molecule has 0 radical (unpaired) electrons. The van der Waals surface area contributed by atoms with E-state index in [1.165, 1.54) is 0 Å². The lowest BCUT2D eigenvalue weighted by molar-refractivity contribution is 0.0934. The summed E-state index contributed by atoms with van der Waals surface area (Å²) in [6.07, 6.45) is 5.10. The first-order valence-electron chi connectivity index (χ1n) is 9.26. The molecule has 2 atom stereocenters. The van der Waals surface area contributed by atoms with Crippen LogP contribution in [-0.2, 0) is 0 Å². The van der Waals surface area contributed by atoms with Crippen molar-refractivity contribution in [1.82, 2.24) is 20.4 Å². The van der Waals surface area contributed by atoms with Crippen LogP contribution >= 0.6 is 24.0 Å². The first-order chi connectivity index (χ1) is 12.7. The van der Waals surface area contributed by atoms with Crippen LogP contribution in [0.25, 0.3) is 0 Å². The second kappa shape index (κ2) is 8.95. The van der Waals surface area contributed by atoms with Gasteiger partial charge in [0.25, 0.3) is 5.91 Å². The lowest BCUT2D eigenvalue weighted by Crippen LogP contribution is -2.37. The number of carbonyl (C=O) groups is 1. The maximum atomic E-state index is 12.5. The van der Waals surface area contributed by atoms with E-state index in [4.69, 9.17) is 11.6 Å². The van der Waals surface area contributed by atoms with Gasteiger partial charge in [0.15, 0.2) is 0 Å². The summed E-state index contributed by atoms with van der Waals surface area (Å²) in [6.45, 7) is 3.72. The van der Waals surface area contributed by atoms with Crippen molar-refractivity contribution in [2.24, 2.45) is 0 Å². The third kappa shape index (κ3) is 4.75. The van der Waals surface area contributed by atoms with Crippen LogP contribution in [0.4, 0.5) is 5.69 Å². The molecule has 2 aliphatic rings. The summed E-state index contributed by atoms with van der Waals surface area (Å²) in [7, 11) is 0. The number of nitrogens with one attached hydrogen (secondary N) is 2. The van der Waals surface area contributed by atoms with Gasteiger partial charge in [0.05, 0.1) is 6.04 Å². The lowest BCUT2D eigenvalue weighted by Gasteiger charge is -2.22. The molecule has 2 N–H and O–H groups in total. The highest BCUT2D eigenvalue weighted by Crippen LogP contribution is 2.22. The van der Waals surface area contributed by atoms with E-state index in [9.17, 15) is 4.79 Å². The number of benzene rings is 1. The van der Waals surface area contributed by atoms with E-state index >= 15 is 0 Å². The number of halogens is 2. The third-order valence-corrected chi connectivity index (χ3v) is 5.45. The molecule has 6 nitrogen and oxygen atoms in total. The summed E-state index contributed by atoms with van der Waals surface area (Å²) in [5.74, 6) is -0.0875. The summed E-state index contributed by atoms with van der Waals surface area (Å²) < 4.78 is 1.93. The minimum Gasteiger partial charge on any atom is -0.369 e. The summed E-state index contributed by atoms with van der Waals surface area (Å²) in [4.78, 5) is 14.8. The summed E-state index contributed by atoms with van der Waals surface area (Å²) in [5.41, 5.74) is 1.64. The normalized spacial score (nSPS) is 22.3. The predicted octanol–water partition coefficient (Wildman–Crippen LogP) is 2.89. The number of hydrogen-bond donors (Lipinski definition) is 2. The van der Waals surface area contributed by atoms with Crippen molar-refractivity contribution >= 4 is 35.6 Å². The molecule has 0 bridgehead atoms. The molecule has 0 aliphatic carbocycles. The number of aromatic nitrogens is 2. The van der Waals surface area contributed by atoms with Gasteiger partial charge in [-0.1, -0.05) is 11.6 Å². The number of amides is 1. The Morgan fingerprint density at radius 2 is 2.04 bits per heavy atom. The number of hydrogen-bond acceptors (Lipinski definition) is 4. The molecule has 1 aromatic heterocycles. The smallest absolute Gasteiger partial charge is 0.272 e. The second-order valence-electron chi connectivity index (χ2n) is 7.06. The van der Waals surface area contributed by atoms with Gasteiger partial charge in [0.2, 0.25) is 0 Å². The van der Waals surface area contributed by atoms with Crippen LogP contribution in [0.3, 0.4) is 0 Å². The van der Waals surface area contributed by atoms with E-state index in [0.29, 0.717) is 11.7 Å². The zero-order valence-corrected chi connectivity index (χ0v) is 16.7. The molecule has 0 spiro atoms. The van der Waals surface area contributed by atoms with Crippen molar-refractivity contribution in [2.75, 3.05) is 31.1 Å². The van der Waals surface area contributed by atoms with E-state index in [1.807, 2.05) is 41.2 Å². The lowest BCUT2D eigenvalue weighted by atomic mass is 10.1. The van der Waals surface area contributed by atoms with E-state index in [0.717, 1.165) is 56.2 Å². The number of anilines is 1. The van der Waals surface area contributed by atoms with Crippen LogP contribution < -0.4 is 15.5 Å². The van der Waals surface area contributed by atoms with Gasteiger partial charge in [-0.05, 0) is 56.1 Å². The Bertz CT molecular complexity index is 758. The Morgan fingerprint density at radius 3 is 2.78 bits per heavy atom. The Kier molecular flexibility index (Phi) is 6.63. The van der Waals surface area contributed by atoms with Gasteiger partial charge in [0, 0.05) is 42.6 Å². The van der Waals surface area contributed by atoms with Gasteiger partial charge in [-0.3, -0.25) is 9.48 Å². The molecule has 2 aliphatic heterocycles. The van der Waals surface area contributed by atoms with Crippen LogP contribution in [-0.4, -0.2) is 47.9 Å². The SMILES string of the molecule is Cl.O=C(NC1CCN(c2ccc(Cl)cc2)C1)c1ccn(C2CCCNC2)n1. The fourth-order valence-electron chi connectivity index (χ4n) is 3.75. The molecule has 2 aromatic rings. The highest BCUT2D eigenvalue weighted by molar-refractivity contribution is 6.30. The summed E-state index contributed by atoms with van der Waals surface area (Å²) in [6, 6.07) is 10.1. The minimum absolute atomic E-state index is 0. The molecule has 8 heteroatoms. The van der Waals surface area contributed by atoms with Gasteiger partial charge >= 0.3 is 0 Å². The summed E-state index contributed by atoms with van der Waals surface area (Å²) >= 11 is 5.95. The van der Waals surface area contributed by atoms with Crippen molar-refractivity contribution in [3.05, 3.63) is 47.2 Å². The van der Waals surface area contributed by atoms with Gasteiger partial charge in [0.1, 0.15) is 5.69 Å². The quantitative estimate of drug-likeness (QED) is 0.814. The molecule has 3 heterocycles. The van der Waals surface area contributed by atoms with Crippen LogP contribution in [0.1, 0.15) is 35.8 Å².